The predicted octanol–water partition coefficient (Wildman–Crippen LogP) is 4.29. The Morgan fingerprint density at radius 1 is 1.00 bits per heavy atom. The van der Waals surface area contributed by atoms with Gasteiger partial charge in [-0.05, 0) is 36.4 Å². The maximum absolute atomic E-state index is 12.3. The Kier molecular flexibility index (Phi) is 7.22. The predicted molar refractivity (Wildman–Crippen MR) is 113 cm³/mol. The van der Waals surface area contributed by atoms with E-state index in [0.29, 0.717) is 16.4 Å². The summed E-state index contributed by atoms with van der Waals surface area (Å²) in [4.78, 5) is 17.8. The van der Waals surface area contributed by atoms with E-state index in [-0.39, 0.29) is 38.7 Å². The van der Waals surface area contributed by atoms with Crippen molar-refractivity contribution in [3.8, 4) is 11.4 Å². The number of carbonyl (C=O) groups excluding carboxylic acids is 1. The smallest absolute Gasteiger partial charge is 0.258 e. The number of nitrogens with zero attached hydrogens (tertiary/aromatic N) is 2. The molecule has 13 heteroatoms. The lowest BCUT2D eigenvalue weighted by molar-refractivity contribution is -0.121. The average Bonchev–Trinajstić information content (AvgIpc) is 3.17. The lowest BCUT2D eigenvalue weighted by Crippen LogP contribution is -2.41. The highest BCUT2D eigenvalue weighted by Gasteiger charge is 2.21. The average molecular weight is 510 g/mol. The van der Waals surface area contributed by atoms with Gasteiger partial charge in [0.15, 0.2) is 0 Å². The van der Waals surface area contributed by atoms with E-state index in [9.17, 15) is 13.2 Å². The number of halogens is 4. The van der Waals surface area contributed by atoms with Crippen LogP contribution in [0.25, 0.3) is 11.4 Å². The Hall–Kier alpha value is -1.88. The first-order valence-electron chi connectivity index (χ1n) is 8.19. The van der Waals surface area contributed by atoms with Crippen LogP contribution in [-0.2, 0) is 21.2 Å². The fourth-order valence-electron chi connectivity index (χ4n) is 2.24. The molecule has 0 saturated heterocycles. The van der Waals surface area contributed by atoms with Crippen LogP contribution < -0.4 is 10.3 Å². The zero-order valence-corrected chi connectivity index (χ0v) is 18.7. The van der Waals surface area contributed by atoms with E-state index in [4.69, 9.17) is 50.9 Å². The molecule has 1 heterocycles. The van der Waals surface area contributed by atoms with Gasteiger partial charge in [0.1, 0.15) is 4.90 Å². The van der Waals surface area contributed by atoms with Crippen LogP contribution in [0.1, 0.15) is 12.3 Å². The maximum Gasteiger partial charge on any atom is 0.258 e. The van der Waals surface area contributed by atoms with Gasteiger partial charge in [-0.3, -0.25) is 10.2 Å². The second-order valence-electron chi connectivity index (χ2n) is 5.87. The number of nitrogens with one attached hydrogen (secondary N) is 2. The lowest BCUT2D eigenvalue weighted by Gasteiger charge is -2.10. The van der Waals surface area contributed by atoms with Crippen molar-refractivity contribution in [3.63, 3.8) is 0 Å². The molecule has 1 aromatic heterocycles. The van der Waals surface area contributed by atoms with E-state index in [1.165, 1.54) is 6.07 Å². The van der Waals surface area contributed by atoms with E-state index in [2.05, 4.69) is 15.6 Å². The number of amides is 1. The van der Waals surface area contributed by atoms with Crippen LogP contribution in [0, 0.1) is 0 Å². The summed E-state index contributed by atoms with van der Waals surface area (Å²) in [5.41, 5.74) is 2.78. The van der Waals surface area contributed by atoms with E-state index in [0.717, 1.165) is 6.07 Å². The zero-order valence-electron chi connectivity index (χ0n) is 14.8. The molecule has 158 valence electrons. The second kappa shape index (κ2) is 9.51. The molecule has 0 saturated carbocycles. The van der Waals surface area contributed by atoms with Crippen LogP contribution >= 0.6 is 46.4 Å². The number of hydrogen-bond donors (Lipinski definition) is 2. The first kappa shape index (κ1) is 22.8. The van der Waals surface area contributed by atoms with E-state index >= 15 is 0 Å². The quantitative estimate of drug-likeness (QED) is 0.362. The van der Waals surface area contributed by atoms with E-state index in [1.807, 2.05) is 4.83 Å². The Labute approximate surface area is 191 Å². The Morgan fingerprint density at radius 3 is 2.37 bits per heavy atom. The van der Waals surface area contributed by atoms with Gasteiger partial charge < -0.3 is 4.52 Å². The van der Waals surface area contributed by atoms with Crippen molar-refractivity contribution < 1.29 is 17.7 Å². The van der Waals surface area contributed by atoms with E-state index in [1.54, 1.807) is 24.3 Å². The number of hydrazine groups is 1. The minimum absolute atomic E-state index is 0.000605. The van der Waals surface area contributed by atoms with Gasteiger partial charge in [-0.15, -0.1) is 4.83 Å². The van der Waals surface area contributed by atoms with Crippen LogP contribution in [0.2, 0.25) is 20.1 Å². The summed E-state index contributed by atoms with van der Waals surface area (Å²) in [7, 11) is -4.16. The minimum atomic E-state index is -4.16. The topological polar surface area (TPSA) is 114 Å². The van der Waals surface area contributed by atoms with Crippen LogP contribution in [0.15, 0.2) is 45.8 Å². The first-order valence-corrected chi connectivity index (χ1v) is 11.2. The van der Waals surface area contributed by atoms with Gasteiger partial charge in [0.25, 0.3) is 10.0 Å². The van der Waals surface area contributed by atoms with Crippen molar-refractivity contribution in [1.29, 1.82) is 0 Å². The molecule has 2 N–H and O–H groups in total. The molecule has 0 aliphatic heterocycles. The van der Waals surface area contributed by atoms with Gasteiger partial charge in [-0.2, -0.15) is 4.98 Å². The van der Waals surface area contributed by atoms with Crippen molar-refractivity contribution in [1.82, 2.24) is 20.4 Å². The number of aromatic nitrogens is 2. The molecule has 3 aromatic rings. The molecule has 2 aromatic carbocycles. The van der Waals surface area contributed by atoms with Crippen molar-refractivity contribution in [2.75, 3.05) is 0 Å². The number of aryl methyl sites for hydroxylation is 1. The molecule has 0 aliphatic rings. The summed E-state index contributed by atoms with van der Waals surface area (Å²) in [6, 6.07) is 9.10. The molecule has 0 aliphatic carbocycles. The van der Waals surface area contributed by atoms with Gasteiger partial charge in [0, 0.05) is 23.4 Å². The third kappa shape index (κ3) is 5.63. The molecular formula is C17H12Cl4N4O4S. The molecule has 0 atom stereocenters. The molecule has 1 amide bonds. The van der Waals surface area contributed by atoms with Crippen LogP contribution in [0.5, 0.6) is 0 Å². The summed E-state index contributed by atoms with van der Waals surface area (Å²) in [6.07, 6.45) is -0.0123. The van der Waals surface area contributed by atoms with Gasteiger partial charge in [0.05, 0.1) is 15.1 Å². The third-order valence-corrected chi connectivity index (χ3v) is 6.41. The van der Waals surface area contributed by atoms with Crippen LogP contribution in [-0.4, -0.2) is 24.5 Å². The number of hydrogen-bond acceptors (Lipinski definition) is 6. The van der Waals surface area contributed by atoms with E-state index < -0.39 is 15.9 Å². The Bertz CT molecular complexity index is 1180. The number of rotatable bonds is 7. The Morgan fingerprint density at radius 2 is 1.67 bits per heavy atom. The molecule has 0 unspecified atom stereocenters. The van der Waals surface area contributed by atoms with Gasteiger partial charge in [-0.1, -0.05) is 51.6 Å². The highest BCUT2D eigenvalue weighted by Crippen LogP contribution is 2.31. The Balaban J connectivity index is 1.56. The molecule has 0 spiro atoms. The summed E-state index contributed by atoms with van der Waals surface area (Å²) < 4.78 is 29.7. The maximum atomic E-state index is 12.3. The van der Waals surface area contributed by atoms with Gasteiger partial charge in [0.2, 0.25) is 17.6 Å². The third-order valence-electron chi connectivity index (χ3n) is 3.73. The minimum Gasteiger partial charge on any atom is -0.339 e. The van der Waals surface area contributed by atoms with Crippen molar-refractivity contribution in [2.24, 2.45) is 0 Å². The highest BCUT2D eigenvalue weighted by atomic mass is 35.5. The second-order valence-corrected chi connectivity index (χ2v) is 9.18. The van der Waals surface area contributed by atoms with Crippen molar-refractivity contribution >= 4 is 62.3 Å². The largest absolute Gasteiger partial charge is 0.339 e. The summed E-state index contributed by atoms with van der Waals surface area (Å²) in [5.74, 6) is -0.0662. The molecule has 0 radical (unpaired) electrons. The van der Waals surface area contributed by atoms with Crippen molar-refractivity contribution in [2.45, 2.75) is 17.7 Å². The highest BCUT2D eigenvalue weighted by molar-refractivity contribution is 7.89. The number of carbonyl (C=O) groups is 1. The molecule has 3 rings (SSSR count). The molecule has 0 fully saturated rings. The summed E-state index contributed by atoms with van der Waals surface area (Å²) in [6.45, 7) is 0. The zero-order chi connectivity index (χ0) is 21.9. The van der Waals surface area contributed by atoms with Crippen LogP contribution in [0.4, 0.5) is 0 Å². The first-order chi connectivity index (χ1) is 14.2. The summed E-state index contributed by atoms with van der Waals surface area (Å²) >= 11 is 23.3. The number of sulfonamides is 1. The molecule has 8 nitrogen and oxygen atoms in total. The normalized spacial score (nSPS) is 11.5. The summed E-state index contributed by atoms with van der Waals surface area (Å²) in [5, 5.41) is 4.36. The standard InChI is InChI=1S/C17H12Cl4N4O4S/c18-10-3-1-9(2-4-10)17-22-16(29-24-17)6-5-15(26)23-25-30(27,28)14-8-12(20)11(19)7-13(14)21/h1-4,7-8,25H,5-6H2,(H,23,26). The fraction of sp³-hybridized carbons (Fsp3) is 0.118. The lowest BCUT2D eigenvalue weighted by atomic mass is 10.2. The molecular weight excluding hydrogens is 498 g/mol. The monoisotopic (exact) mass is 508 g/mol. The number of benzene rings is 2. The van der Waals surface area contributed by atoms with Crippen molar-refractivity contribution in [3.05, 3.63) is 62.4 Å². The molecule has 30 heavy (non-hydrogen) atoms. The van der Waals surface area contributed by atoms with Gasteiger partial charge in [-0.25, -0.2) is 8.42 Å². The fourth-order valence-corrected chi connectivity index (χ4v) is 4.23. The van der Waals surface area contributed by atoms with Crippen LogP contribution in [0.3, 0.4) is 0 Å². The SMILES string of the molecule is O=C(CCc1nc(-c2ccc(Cl)cc2)no1)NNS(=O)(=O)c1cc(Cl)c(Cl)cc1Cl. The van der Waals surface area contributed by atoms with Gasteiger partial charge >= 0.3 is 0 Å². The molecule has 0 bridgehead atoms.